The summed E-state index contributed by atoms with van der Waals surface area (Å²) in [6, 6.07) is 32.7. The second kappa shape index (κ2) is 9.57. The average Bonchev–Trinajstić information content (AvgIpc) is 3.27. The van der Waals surface area contributed by atoms with Crippen molar-refractivity contribution in [3.8, 4) is 11.5 Å². The van der Waals surface area contributed by atoms with E-state index >= 15 is 0 Å². The molecule has 5 rings (SSSR count). The lowest BCUT2D eigenvalue weighted by atomic mass is 10.1. The summed E-state index contributed by atoms with van der Waals surface area (Å²) in [6.45, 7) is 0.433. The highest BCUT2D eigenvalue weighted by molar-refractivity contribution is 9.10. The van der Waals surface area contributed by atoms with E-state index < -0.39 is 0 Å². The Bertz CT molecular complexity index is 1390. The molecule has 5 aromatic rings. The van der Waals surface area contributed by atoms with Crippen molar-refractivity contribution < 1.29 is 9.53 Å². The summed E-state index contributed by atoms with van der Waals surface area (Å²) in [5, 5.41) is 0.668. The molecule has 33 heavy (non-hydrogen) atoms. The molecule has 1 heterocycles. The van der Waals surface area contributed by atoms with Gasteiger partial charge in [0, 0.05) is 10.0 Å². The highest BCUT2D eigenvalue weighted by Gasteiger charge is 2.22. The maximum Gasteiger partial charge on any atom is 0.260 e. The Kier molecular flexibility index (Phi) is 6.19. The van der Waals surface area contributed by atoms with E-state index in [1.807, 2.05) is 91.0 Å². The summed E-state index contributed by atoms with van der Waals surface area (Å²) in [5.41, 5.74) is 2.48. The lowest BCUT2D eigenvalue weighted by Gasteiger charge is -2.20. The molecule has 4 nitrogen and oxygen atoms in total. The van der Waals surface area contributed by atoms with Crippen LogP contribution in [0, 0.1) is 0 Å². The van der Waals surface area contributed by atoms with Crippen molar-refractivity contribution in [2.24, 2.45) is 0 Å². The van der Waals surface area contributed by atoms with Crippen LogP contribution in [-0.2, 0) is 6.54 Å². The summed E-state index contributed by atoms with van der Waals surface area (Å²) in [5.74, 6) is 1.32. The molecule has 0 aliphatic carbocycles. The fourth-order valence-corrected chi connectivity index (χ4v) is 4.96. The van der Waals surface area contributed by atoms with Crippen molar-refractivity contribution in [2.45, 2.75) is 6.54 Å². The van der Waals surface area contributed by atoms with Gasteiger partial charge in [-0.25, -0.2) is 4.98 Å². The maximum atomic E-state index is 13.6. The summed E-state index contributed by atoms with van der Waals surface area (Å²) in [4.78, 5) is 20.1. The van der Waals surface area contributed by atoms with Gasteiger partial charge in [0.1, 0.15) is 11.5 Å². The minimum atomic E-state index is -0.108. The predicted molar refractivity (Wildman–Crippen MR) is 137 cm³/mol. The Hall–Kier alpha value is -3.48. The van der Waals surface area contributed by atoms with Crippen molar-refractivity contribution in [1.29, 1.82) is 0 Å². The summed E-state index contributed by atoms with van der Waals surface area (Å²) in [6.07, 6.45) is 0. The average molecular weight is 515 g/mol. The van der Waals surface area contributed by atoms with Crippen molar-refractivity contribution in [1.82, 2.24) is 4.98 Å². The molecule has 0 aliphatic rings. The van der Waals surface area contributed by atoms with Crippen LogP contribution in [0.25, 0.3) is 10.2 Å². The van der Waals surface area contributed by atoms with Crippen LogP contribution in [0.15, 0.2) is 108 Å². The Morgan fingerprint density at radius 3 is 2.24 bits per heavy atom. The van der Waals surface area contributed by atoms with Gasteiger partial charge in [0.2, 0.25) is 0 Å². The van der Waals surface area contributed by atoms with Crippen molar-refractivity contribution >= 4 is 48.5 Å². The molecular weight excluding hydrogens is 496 g/mol. The highest BCUT2D eigenvalue weighted by atomic mass is 79.9. The first-order valence-electron chi connectivity index (χ1n) is 10.4. The molecule has 4 aromatic carbocycles. The highest BCUT2D eigenvalue weighted by Crippen LogP contribution is 2.33. The molecule has 0 saturated carbocycles. The van der Waals surface area contributed by atoms with Gasteiger partial charge in [-0.05, 0) is 60.2 Å². The van der Waals surface area contributed by atoms with Gasteiger partial charge in [-0.15, -0.1) is 0 Å². The fraction of sp³-hybridized carbons (Fsp3) is 0.0370. The number of rotatable bonds is 6. The largest absolute Gasteiger partial charge is 0.457 e. The number of hydrogen-bond acceptors (Lipinski definition) is 4. The lowest BCUT2D eigenvalue weighted by molar-refractivity contribution is 0.0985. The number of nitrogens with zero attached hydrogens (tertiary/aromatic N) is 2. The number of amides is 1. The molecule has 0 bridgehead atoms. The summed E-state index contributed by atoms with van der Waals surface area (Å²) >= 11 is 5.02. The zero-order valence-corrected chi connectivity index (χ0v) is 19.9. The molecule has 0 atom stereocenters. The van der Waals surface area contributed by atoms with E-state index in [4.69, 9.17) is 9.72 Å². The molecule has 6 heteroatoms. The molecule has 0 N–H and O–H groups in total. The van der Waals surface area contributed by atoms with E-state index in [-0.39, 0.29) is 5.91 Å². The van der Waals surface area contributed by atoms with Crippen LogP contribution in [0.5, 0.6) is 11.5 Å². The van der Waals surface area contributed by atoms with E-state index in [0.29, 0.717) is 23.0 Å². The minimum Gasteiger partial charge on any atom is -0.457 e. The van der Waals surface area contributed by atoms with Crippen LogP contribution in [0.4, 0.5) is 5.13 Å². The number of thiazole rings is 1. The second-order valence-corrected chi connectivity index (χ2v) is 9.35. The Morgan fingerprint density at radius 2 is 1.52 bits per heavy atom. The quantitative estimate of drug-likeness (QED) is 0.233. The topological polar surface area (TPSA) is 42.4 Å². The Morgan fingerprint density at radius 1 is 0.848 bits per heavy atom. The molecule has 0 radical (unpaired) electrons. The number of halogens is 1. The lowest BCUT2D eigenvalue weighted by Crippen LogP contribution is -2.30. The summed E-state index contributed by atoms with van der Waals surface area (Å²) in [7, 11) is 0. The summed E-state index contributed by atoms with van der Waals surface area (Å²) < 4.78 is 7.88. The molecule has 0 aliphatic heterocycles. The van der Waals surface area contributed by atoms with E-state index in [2.05, 4.69) is 15.9 Å². The first-order chi connectivity index (χ1) is 16.2. The van der Waals surface area contributed by atoms with Crippen LogP contribution >= 0.6 is 27.3 Å². The number of carbonyl (C=O) groups is 1. The van der Waals surface area contributed by atoms with E-state index in [9.17, 15) is 4.79 Å². The smallest absolute Gasteiger partial charge is 0.260 e. The molecule has 0 fully saturated rings. The number of para-hydroxylation sites is 1. The zero-order valence-electron chi connectivity index (χ0n) is 17.5. The van der Waals surface area contributed by atoms with Gasteiger partial charge in [-0.1, -0.05) is 75.8 Å². The number of benzene rings is 4. The molecular formula is C27H19BrN2O2S. The molecule has 0 saturated heterocycles. The normalized spacial score (nSPS) is 10.8. The number of anilines is 1. The van der Waals surface area contributed by atoms with Crippen molar-refractivity contribution in [2.75, 3.05) is 4.90 Å². The van der Waals surface area contributed by atoms with Crippen molar-refractivity contribution in [3.63, 3.8) is 0 Å². The molecule has 1 aromatic heterocycles. The van der Waals surface area contributed by atoms with Crippen LogP contribution in [0.3, 0.4) is 0 Å². The van der Waals surface area contributed by atoms with E-state index in [1.54, 1.807) is 17.0 Å². The molecule has 0 unspecified atom stereocenters. The van der Waals surface area contributed by atoms with Gasteiger partial charge in [0.15, 0.2) is 5.13 Å². The van der Waals surface area contributed by atoms with Gasteiger partial charge in [0.25, 0.3) is 5.91 Å². The van der Waals surface area contributed by atoms with Crippen LogP contribution in [0.2, 0.25) is 0 Å². The first kappa shape index (κ1) is 21.4. The number of fused-ring (bicyclic) bond motifs is 1. The van der Waals surface area contributed by atoms with Gasteiger partial charge in [-0.2, -0.15) is 0 Å². The van der Waals surface area contributed by atoms with Gasteiger partial charge in [0.05, 0.1) is 16.8 Å². The first-order valence-corrected chi connectivity index (χ1v) is 12.0. The third kappa shape index (κ3) is 4.97. The van der Waals surface area contributed by atoms with Crippen LogP contribution < -0.4 is 9.64 Å². The zero-order chi connectivity index (χ0) is 22.6. The number of carbonyl (C=O) groups excluding carboxylic acids is 1. The van der Waals surface area contributed by atoms with E-state index in [1.165, 1.54) is 11.3 Å². The predicted octanol–water partition coefficient (Wildman–Crippen LogP) is 7.70. The SMILES string of the molecule is O=C(c1ccc(Oc2ccccc2)cc1)N(Cc1ccccc1)c1nc2ccc(Br)cc2s1. The molecule has 162 valence electrons. The Balaban J connectivity index is 1.45. The standard InChI is InChI=1S/C27H19BrN2O2S/c28-21-13-16-24-25(17-21)33-27(29-24)30(18-19-7-3-1-4-8-19)26(31)20-11-14-23(15-12-20)32-22-9-5-2-6-10-22/h1-17H,18H2. The fourth-order valence-electron chi connectivity index (χ4n) is 3.44. The van der Waals surface area contributed by atoms with Crippen molar-refractivity contribution in [3.05, 3.63) is 119 Å². The van der Waals surface area contributed by atoms with Gasteiger partial charge >= 0.3 is 0 Å². The molecule has 0 spiro atoms. The number of ether oxygens (including phenoxy) is 1. The third-order valence-electron chi connectivity index (χ3n) is 5.08. The van der Waals surface area contributed by atoms with Gasteiger partial charge in [-0.3, -0.25) is 9.69 Å². The van der Waals surface area contributed by atoms with Crippen LogP contribution in [0.1, 0.15) is 15.9 Å². The monoisotopic (exact) mass is 514 g/mol. The maximum absolute atomic E-state index is 13.6. The van der Waals surface area contributed by atoms with E-state index in [0.717, 1.165) is 26.0 Å². The minimum absolute atomic E-state index is 0.108. The Labute approximate surface area is 204 Å². The van der Waals surface area contributed by atoms with Gasteiger partial charge < -0.3 is 4.74 Å². The number of aromatic nitrogens is 1. The molecule has 1 amide bonds. The second-order valence-electron chi connectivity index (χ2n) is 7.42. The third-order valence-corrected chi connectivity index (χ3v) is 6.61. The van der Waals surface area contributed by atoms with Crippen LogP contribution in [-0.4, -0.2) is 10.9 Å². The number of hydrogen-bond donors (Lipinski definition) is 0.